The standard InChI is InChI=1S/C39H47ClN5O5P/c1-30-26-45(38(47)41-37(30)46)36-28-43(39(31-14-6-2-7-15-31,32-16-8-3-9-17-32)33-18-10-4-11-19-33)27-35(50-36)29-49-51(40,48)44-24-20-34(21-25-44)42-22-12-5-13-23-42/h2-4,6-11,14-19,26,34-36H,5,12-13,20-25,27-29H2,1H3,(H,41,46,47). The van der Waals surface area contributed by atoms with Crippen LogP contribution >= 0.6 is 18.1 Å². The van der Waals surface area contributed by atoms with E-state index in [9.17, 15) is 14.2 Å². The third-order valence-corrected chi connectivity index (χ3v) is 13.2. The maximum absolute atomic E-state index is 14.0. The second kappa shape index (κ2) is 15.7. The molecule has 12 heteroatoms. The SMILES string of the molecule is Cc1cn(C2CN(C(c3ccccc3)(c3ccccc3)c3ccccc3)CC(COP(=O)(Cl)N3CCC(N4CCCCC4)CC3)O2)c(=O)[nH]c1=O. The van der Waals surface area contributed by atoms with Crippen LogP contribution in [0.4, 0.5) is 0 Å². The molecule has 3 unspecified atom stereocenters. The predicted octanol–water partition coefficient (Wildman–Crippen LogP) is 6.35. The summed E-state index contributed by atoms with van der Waals surface area (Å²) in [5.74, 6) is 0. The first-order valence-electron chi connectivity index (χ1n) is 18.1. The molecule has 0 bridgehead atoms. The highest BCUT2D eigenvalue weighted by molar-refractivity contribution is 7.83. The first-order valence-corrected chi connectivity index (χ1v) is 20.6. The highest BCUT2D eigenvalue weighted by atomic mass is 35.7. The predicted molar refractivity (Wildman–Crippen MR) is 200 cm³/mol. The molecule has 51 heavy (non-hydrogen) atoms. The minimum atomic E-state index is -3.68. The topological polar surface area (TPSA) is 100 Å². The lowest BCUT2D eigenvalue weighted by molar-refractivity contribution is -0.148. The van der Waals surface area contributed by atoms with Gasteiger partial charge in [0.1, 0.15) is 0 Å². The van der Waals surface area contributed by atoms with Crippen LogP contribution in [0.15, 0.2) is 107 Å². The van der Waals surface area contributed by atoms with Crippen LogP contribution in [0.5, 0.6) is 0 Å². The number of H-pyrrole nitrogens is 1. The number of halogens is 1. The summed E-state index contributed by atoms with van der Waals surface area (Å²) in [7, 11) is 0. The molecule has 0 saturated carbocycles. The van der Waals surface area contributed by atoms with Crippen LogP contribution in [0.2, 0.25) is 0 Å². The van der Waals surface area contributed by atoms with E-state index in [4.69, 9.17) is 20.5 Å². The zero-order chi connectivity index (χ0) is 35.4. The van der Waals surface area contributed by atoms with Crippen LogP contribution in [0.3, 0.4) is 0 Å². The van der Waals surface area contributed by atoms with E-state index < -0.39 is 36.0 Å². The second-order valence-electron chi connectivity index (χ2n) is 13.9. The maximum atomic E-state index is 14.0. The number of piperidine rings is 2. The van der Waals surface area contributed by atoms with Gasteiger partial charge in [0.05, 0.1) is 18.2 Å². The second-order valence-corrected chi connectivity index (χ2v) is 16.9. The molecule has 1 N–H and O–H groups in total. The van der Waals surface area contributed by atoms with Gasteiger partial charge in [-0.05, 0) is 73.6 Å². The molecule has 4 heterocycles. The van der Waals surface area contributed by atoms with Gasteiger partial charge in [-0.15, -0.1) is 0 Å². The van der Waals surface area contributed by atoms with Crippen molar-refractivity contribution in [1.29, 1.82) is 0 Å². The fraction of sp³-hybridized carbons (Fsp3) is 0.436. The Hall–Kier alpha value is -3.34. The minimum Gasteiger partial charge on any atom is -0.350 e. The van der Waals surface area contributed by atoms with Gasteiger partial charge in [-0.25, -0.2) is 9.46 Å². The summed E-state index contributed by atoms with van der Waals surface area (Å²) >= 11 is 6.78. The lowest BCUT2D eigenvalue weighted by Crippen LogP contribution is -2.58. The molecule has 3 aliphatic rings. The van der Waals surface area contributed by atoms with Crippen LogP contribution in [0.1, 0.15) is 60.6 Å². The molecule has 4 aromatic rings. The Morgan fingerprint density at radius 1 is 0.824 bits per heavy atom. The molecule has 10 nitrogen and oxygen atoms in total. The molecule has 7 rings (SSSR count). The molecular weight excluding hydrogens is 685 g/mol. The highest BCUT2D eigenvalue weighted by Crippen LogP contribution is 2.57. The first kappa shape index (κ1) is 36.0. The van der Waals surface area contributed by atoms with Gasteiger partial charge in [-0.3, -0.25) is 23.8 Å². The molecule has 3 aliphatic heterocycles. The van der Waals surface area contributed by atoms with E-state index in [1.165, 1.54) is 23.8 Å². The minimum absolute atomic E-state index is 0.0502. The van der Waals surface area contributed by atoms with Gasteiger partial charge >= 0.3 is 12.6 Å². The summed E-state index contributed by atoms with van der Waals surface area (Å²) in [6.07, 6.45) is 5.68. The van der Waals surface area contributed by atoms with E-state index in [0.717, 1.165) is 42.6 Å². The summed E-state index contributed by atoms with van der Waals surface area (Å²) in [6, 6.07) is 31.4. The average Bonchev–Trinajstić information content (AvgIpc) is 3.17. The number of morpholine rings is 1. The number of aromatic amines is 1. The number of hydrogen-bond acceptors (Lipinski definition) is 7. The van der Waals surface area contributed by atoms with E-state index in [0.29, 0.717) is 37.8 Å². The Bertz CT molecular complexity index is 1820. The van der Waals surface area contributed by atoms with E-state index >= 15 is 0 Å². The Balaban J connectivity index is 1.23. The molecule has 0 radical (unpaired) electrons. The number of aryl methyl sites for hydroxylation is 1. The lowest BCUT2D eigenvalue weighted by atomic mass is 9.75. The zero-order valence-electron chi connectivity index (χ0n) is 29.1. The van der Waals surface area contributed by atoms with E-state index in [2.05, 4.69) is 51.2 Å². The van der Waals surface area contributed by atoms with Crippen molar-refractivity contribution in [1.82, 2.24) is 24.0 Å². The fourth-order valence-corrected chi connectivity index (χ4v) is 10.1. The number of rotatable bonds is 10. The number of nitrogens with one attached hydrogen (secondary N) is 1. The molecule has 270 valence electrons. The number of aromatic nitrogens is 2. The van der Waals surface area contributed by atoms with Crippen molar-refractivity contribution in [2.45, 2.75) is 62.9 Å². The third-order valence-electron chi connectivity index (χ3n) is 10.8. The molecular formula is C39H47ClN5O5P. The summed E-state index contributed by atoms with van der Waals surface area (Å²) in [5.41, 5.74) is 1.67. The van der Waals surface area contributed by atoms with Crippen molar-refractivity contribution in [3.8, 4) is 0 Å². The Labute approximate surface area is 304 Å². The van der Waals surface area contributed by atoms with Gasteiger partial charge in [0.25, 0.3) is 5.56 Å². The van der Waals surface area contributed by atoms with E-state index in [1.807, 2.05) is 54.6 Å². The van der Waals surface area contributed by atoms with Crippen molar-refractivity contribution in [2.75, 3.05) is 45.9 Å². The zero-order valence-corrected chi connectivity index (χ0v) is 30.8. The van der Waals surface area contributed by atoms with Crippen molar-refractivity contribution in [2.24, 2.45) is 0 Å². The molecule has 3 atom stereocenters. The number of benzene rings is 3. The molecule has 0 amide bonds. The third kappa shape index (κ3) is 7.60. The maximum Gasteiger partial charge on any atom is 0.363 e. The summed E-state index contributed by atoms with van der Waals surface area (Å²) in [5, 5.41) is 0. The summed E-state index contributed by atoms with van der Waals surface area (Å²) in [6.45, 7) is 2.07. The van der Waals surface area contributed by atoms with Crippen molar-refractivity contribution in [3.63, 3.8) is 0 Å². The fourth-order valence-electron chi connectivity index (χ4n) is 8.22. The molecule has 3 fully saturated rings. The average molecular weight is 732 g/mol. The van der Waals surface area contributed by atoms with Gasteiger partial charge in [0.15, 0.2) is 6.23 Å². The summed E-state index contributed by atoms with van der Waals surface area (Å²) in [4.78, 5) is 33.1. The quantitative estimate of drug-likeness (QED) is 0.149. The number of ether oxygens (including phenoxy) is 1. The van der Waals surface area contributed by atoms with Gasteiger partial charge in [0.2, 0.25) is 0 Å². The van der Waals surface area contributed by atoms with E-state index in [-0.39, 0.29) is 6.61 Å². The number of nitrogens with zero attached hydrogens (tertiary/aromatic N) is 4. The first-order chi connectivity index (χ1) is 24.8. The number of likely N-dealkylation sites (tertiary alicyclic amines) is 1. The highest BCUT2D eigenvalue weighted by Gasteiger charge is 2.47. The van der Waals surface area contributed by atoms with Crippen LogP contribution in [0, 0.1) is 6.92 Å². The summed E-state index contributed by atoms with van der Waals surface area (Å²) < 4.78 is 30.0. The Kier molecular flexibility index (Phi) is 11.1. The normalized spacial score (nSPS) is 22.8. The molecule has 1 aromatic heterocycles. The molecule has 0 spiro atoms. The smallest absolute Gasteiger partial charge is 0.350 e. The van der Waals surface area contributed by atoms with E-state index in [1.54, 1.807) is 17.8 Å². The van der Waals surface area contributed by atoms with Crippen LogP contribution in [-0.4, -0.2) is 82.0 Å². The van der Waals surface area contributed by atoms with Gasteiger partial charge in [0, 0.05) is 44.0 Å². The number of hydrogen-bond donors (Lipinski definition) is 1. The van der Waals surface area contributed by atoms with Crippen molar-refractivity contribution < 1.29 is 13.8 Å². The Morgan fingerprint density at radius 2 is 1.37 bits per heavy atom. The molecule has 3 aromatic carbocycles. The molecule has 3 saturated heterocycles. The van der Waals surface area contributed by atoms with Crippen molar-refractivity contribution in [3.05, 3.63) is 140 Å². The Morgan fingerprint density at radius 3 is 1.92 bits per heavy atom. The van der Waals surface area contributed by atoms with Crippen LogP contribution in [0.25, 0.3) is 0 Å². The monoisotopic (exact) mass is 731 g/mol. The van der Waals surface area contributed by atoms with Crippen molar-refractivity contribution >= 4 is 18.1 Å². The van der Waals surface area contributed by atoms with Gasteiger partial charge < -0.3 is 14.2 Å². The van der Waals surface area contributed by atoms with Crippen LogP contribution in [-0.2, 0) is 19.4 Å². The van der Waals surface area contributed by atoms with Crippen LogP contribution < -0.4 is 11.2 Å². The van der Waals surface area contributed by atoms with Gasteiger partial charge in [-0.2, -0.15) is 0 Å². The molecule has 0 aliphatic carbocycles. The van der Waals surface area contributed by atoms with Gasteiger partial charge in [-0.1, -0.05) is 97.4 Å². The lowest BCUT2D eigenvalue weighted by Gasteiger charge is -2.50. The largest absolute Gasteiger partial charge is 0.363 e.